The number of hydrogen-bond donors (Lipinski definition) is 1. The Morgan fingerprint density at radius 1 is 1.39 bits per heavy atom. The van der Waals surface area contributed by atoms with E-state index in [0.717, 1.165) is 19.8 Å². The molecule has 0 bridgehead atoms. The van der Waals surface area contributed by atoms with Crippen molar-refractivity contribution in [3.8, 4) is 0 Å². The number of carbonyl (C=O) groups excluding carboxylic acids is 1. The molecule has 2 aromatic rings. The number of halogens is 1. The van der Waals surface area contributed by atoms with Crippen molar-refractivity contribution in [3.05, 3.63) is 56.2 Å². The minimum atomic E-state index is 0.0665. The van der Waals surface area contributed by atoms with Crippen LogP contribution in [0.5, 0.6) is 0 Å². The van der Waals surface area contributed by atoms with E-state index >= 15 is 0 Å². The molecule has 1 heterocycles. The molecule has 0 aliphatic carbocycles. The fraction of sp³-hybridized carbons (Fsp3) is 0.214. The average Bonchev–Trinajstić information content (AvgIpc) is 2.83. The van der Waals surface area contributed by atoms with Crippen molar-refractivity contribution in [2.75, 3.05) is 6.54 Å². The molecule has 1 aromatic heterocycles. The van der Waals surface area contributed by atoms with Crippen LogP contribution < -0.4 is 5.73 Å². The molecule has 2 rings (SSSR count). The zero-order valence-corrected chi connectivity index (χ0v) is 12.4. The van der Waals surface area contributed by atoms with E-state index in [4.69, 9.17) is 5.73 Å². The standard InChI is InChI=1S/C14H14BrNOS/c1-9(8-16)10-3-2-4-11(7-10)14(17)12-5-6-13(15)18-12/h2-7,9H,8,16H2,1H3. The smallest absolute Gasteiger partial charge is 0.202 e. The first-order valence-corrected chi connectivity index (χ1v) is 7.33. The van der Waals surface area contributed by atoms with Crippen LogP contribution >= 0.6 is 27.3 Å². The third-order valence-corrected chi connectivity index (χ3v) is 4.49. The molecule has 18 heavy (non-hydrogen) atoms. The molecule has 0 aliphatic rings. The minimum absolute atomic E-state index is 0.0665. The summed E-state index contributed by atoms with van der Waals surface area (Å²) >= 11 is 4.82. The lowest BCUT2D eigenvalue weighted by Gasteiger charge is -2.09. The molecule has 0 radical (unpaired) electrons. The van der Waals surface area contributed by atoms with Crippen LogP contribution in [-0.4, -0.2) is 12.3 Å². The molecule has 1 atom stereocenters. The molecule has 0 fully saturated rings. The predicted molar refractivity (Wildman–Crippen MR) is 79.4 cm³/mol. The molecule has 0 aliphatic heterocycles. The molecule has 1 unspecified atom stereocenters. The second kappa shape index (κ2) is 5.78. The van der Waals surface area contributed by atoms with Gasteiger partial charge in [0.1, 0.15) is 0 Å². The summed E-state index contributed by atoms with van der Waals surface area (Å²) < 4.78 is 0.970. The van der Waals surface area contributed by atoms with Crippen LogP contribution in [0.15, 0.2) is 40.2 Å². The van der Waals surface area contributed by atoms with Crippen molar-refractivity contribution < 1.29 is 4.79 Å². The monoisotopic (exact) mass is 323 g/mol. The van der Waals surface area contributed by atoms with Crippen LogP contribution in [-0.2, 0) is 0 Å². The number of benzene rings is 1. The van der Waals surface area contributed by atoms with Crippen LogP contribution in [0.3, 0.4) is 0 Å². The summed E-state index contributed by atoms with van der Waals surface area (Å²) in [6.07, 6.45) is 0. The molecule has 2 N–H and O–H groups in total. The van der Waals surface area contributed by atoms with Gasteiger partial charge in [-0.2, -0.15) is 0 Å². The highest BCUT2D eigenvalue weighted by atomic mass is 79.9. The predicted octanol–water partition coefficient (Wildman–Crippen LogP) is 3.80. The van der Waals surface area contributed by atoms with Gasteiger partial charge in [0.05, 0.1) is 8.66 Å². The van der Waals surface area contributed by atoms with E-state index in [2.05, 4.69) is 22.9 Å². The van der Waals surface area contributed by atoms with Crippen LogP contribution in [0.4, 0.5) is 0 Å². The quantitative estimate of drug-likeness (QED) is 0.869. The van der Waals surface area contributed by atoms with Crippen LogP contribution in [0.1, 0.15) is 33.6 Å². The maximum atomic E-state index is 12.3. The van der Waals surface area contributed by atoms with Gasteiger partial charge in [-0.05, 0) is 52.2 Å². The Kier molecular flexibility index (Phi) is 4.32. The van der Waals surface area contributed by atoms with E-state index in [0.29, 0.717) is 6.54 Å². The topological polar surface area (TPSA) is 43.1 Å². The fourth-order valence-electron chi connectivity index (χ4n) is 1.70. The number of carbonyl (C=O) groups is 1. The van der Waals surface area contributed by atoms with Gasteiger partial charge in [0.15, 0.2) is 0 Å². The lowest BCUT2D eigenvalue weighted by Crippen LogP contribution is -2.09. The van der Waals surface area contributed by atoms with E-state index in [1.165, 1.54) is 11.3 Å². The second-order valence-electron chi connectivity index (χ2n) is 4.20. The average molecular weight is 324 g/mol. The van der Waals surface area contributed by atoms with Crippen molar-refractivity contribution in [3.63, 3.8) is 0 Å². The van der Waals surface area contributed by atoms with Crippen LogP contribution in [0, 0.1) is 0 Å². The number of rotatable bonds is 4. The number of nitrogens with two attached hydrogens (primary N) is 1. The van der Waals surface area contributed by atoms with Gasteiger partial charge < -0.3 is 5.73 Å². The Morgan fingerprint density at radius 3 is 2.78 bits per heavy atom. The fourth-order valence-corrected chi connectivity index (χ4v) is 3.05. The summed E-state index contributed by atoms with van der Waals surface area (Å²) in [5.74, 6) is 0.338. The third-order valence-electron chi connectivity index (χ3n) is 2.87. The summed E-state index contributed by atoms with van der Waals surface area (Å²) in [5.41, 5.74) is 7.49. The van der Waals surface area contributed by atoms with E-state index in [-0.39, 0.29) is 11.7 Å². The lowest BCUT2D eigenvalue weighted by atomic mass is 9.97. The summed E-state index contributed by atoms with van der Waals surface area (Å²) in [7, 11) is 0. The number of ketones is 1. The highest BCUT2D eigenvalue weighted by Crippen LogP contribution is 2.25. The van der Waals surface area contributed by atoms with Gasteiger partial charge in [0.25, 0.3) is 0 Å². The van der Waals surface area contributed by atoms with Gasteiger partial charge in [0.2, 0.25) is 5.78 Å². The van der Waals surface area contributed by atoms with Crippen molar-refractivity contribution in [2.24, 2.45) is 5.73 Å². The highest BCUT2D eigenvalue weighted by Gasteiger charge is 2.13. The van der Waals surface area contributed by atoms with Gasteiger partial charge in [-0.25, -0.2) is 0 Å². The Bertz CT molecular complexity index is 564. The van der Waals surface area contributed by atoms with Crippen molar-refractivity contribution in [2.45, 2.75) is 12.8 Å². The largest absolute Gasteiger partial charge is 0.330 e. The molecular formula is C14H14BrNOS. The summed E-state index contributed by atoms with van der Waals surface area (Å²) in [4.78, 5) is 13.0. The summed E-state index contributed by atoms with van der Waals surface area (Å²) in [5, 5.41) is 0. The molecule has 94 valence electrons. The normalized spacial score (nSPS) is 12.4. The van der Waals surface area contributed by atoms with Gasteiger partial charge >= 0.3 is 0 Å². The maximum Gasteiger partial charge on any atom is 0.202 e. The van der Waals surface area contributed by atoms with Gasteiger partial charge in [-0.1, -0.05) is 25.1 Å². The Balaban J connectivity index is 2.31. The van der Waals surface area contributed by atoms with Crippen molar-refractivity contribution in [1.29, 1.82) is 0 Å². The van der Waals surface area contributed by atoms with E-state index in [1.54, 1.807) is 0 Å². The first kappa shape index (κ1) is 13.5. The zero-order chi connectivity index (χ0) is 13.1. The van der Waals surface area contributed by atoms with Gasteiger partial charge in [-0.3, -0.25) is 4.79 Å². The summed E-state index contributed by atoms with van der Waals surface area (Å²) in [6.45, 7) is 2.65. The van der Waals surface area contributed by atoms with Gasteiger partial charge in [-0.15, -0.1) is 11.3 Å². The minimum Gasteiger partial charge on any atom is -0.330 e. The molecule has 0 amide bonds. The Labute approximate surface area is 119 Å². The van der Waals surface area contributed by atoms with E-state index in [1.807, 2.05) is 36.4 Å². The molecule has 1 aromatic carbocycles. The molecule has 0 saturated carbocycles. The Morgan fingerprint density at radius 2 is 2.17 bits per heavy atom. The molecule has 0 saturated heterocycles. The van der Waals surface area contributed by atoms with Crippen LogP contribution in [0.2, 0.25) is 0 Å². The number of thiophene rings is 1. The first-order chi connectivity index (χ1) is 8.61. The number of hydrogen-bond acceptors (Lipinski definition) is 3. The Hall–Kier alpha value is -0.970. The molecular weight excluding hydrogens is 310 g/mol. The highest BCUT2D eigenvalue weighted by molar-refractivity contribution is 9.11. The maximum absolute atomic E-state index is 12.3. The van der Waals surface area contributed by atoms with Gasteiger partial charge in [0, 0.05) is 5.56 Å². The lowest BCUT2D eigenvalue weighted by molar-refractivity contribution is 0.104. The second-order valence-corrected chi connectivity index (χ2v) is 6.66. The summed E-state index contributed by atoms with van der Waals surface area (Å²) in [6, 6.07) is 11.5. The SMILES string of the molecule is CC(CN)c1cccc(C(=O)c2ccc(Br)s2)c1. The third kappa shape index (κ3) is 2.88. The zero-order valence-electron chi connectivity index (χ0n) is 10.0. The first-order valence-electron chi connectivity index (χ1n) is 5.72. The van der Waals surface area contributed by atoms with E-state index in [9.17, 15) is 4.79 Å². The molecule has 4 heteroatoms. The van der Waals surface area contributed by atoms with Crippen LogP contribution in [0.25, 0.3) is 0 Å². The van der Waals surface area contributed by atoms with Crippen molar-refractivity contribution >= 4 is 33.0 Å². The van der Waals surface area contributed by atoms with Crippen molar-refractivity contribution in [1.82, 2.24) is 0 Å². The molecule has 0 spiro atoms. The molecule has 2 nitrogen and oxygen atoms in total. The van der Waals surface area contributed by atoms with E-state index < -0.39 is 0 Å².